The highest BCUT2D eigenvalue weighted by Gasteiger charge is 2.45. The molecule has 1 aromatic rings. The summed E-state index contributed by atoms with van der Waals surface area (Å²) in [6.45, 7) is 0. The van der Waals surface area contributed by atoms with Gasteiger partial charge in [0.15, 0.2) is 0 Å². The van der Waals surface area contributed by atoms with Crippen LogP contribution < -0.4 is 0 Å². The second-order valence-electron chi connectivity index (χ2n) is 5.76. The minimum Gasteiger partial charge on any atom is -0.393 e. The smallest absolute Gasteiger partial charge is 0.0972 e. The van der Waals surface area contributed by atoms with E-state index in [-0.39, 0.29) is 11.5 Å². The molecule has 0 aliphatic heterocycles. The van der Waals surface area contributed by atoms with Gasteiger partial charge in [0.1, 0.15) is 0 Å². The van der Waals surface area contributed by atoms with Crippen LogP contribution in [0, 0.1) is 11.3 Å². The van der Waals surface area contributed by atoms with Crippen molar-refractivity contribution in [1.82, 2.24) is 0 Å². The number of rotatable bonds is 3. The van der Waals surface area contributed by atoms with Gasteiger partial charge >= 0.3 is 0 Å². The summed E-state index contributed by atoms with van der Waals surface area (Å²) in [6.07, 6.45) is 10.3. The molecule has 0 saturated heterocycles. The molecule has 2 nitrogen and oxygen atoms in total. The van der Waals surface area contributed by atoms with Gasteiger partial charge in [-0.2, -0.15) is 0 Å². The van der Waals surface area contributed by atoms with Gasteiger partial charge in [-0.1, -0.05) is 54.6 Å². The third kappa shape index (κ3) is 2.38. The van der Waals surface area contributed by atoms with Crippen LogP contribution in [0.1, 0.15) is 30.9 Å². The molecule has 1 fully saturated rings. The second kappa shape index (κ2) is 4.95. The van der Waals surface area contributed by atoms with Crippen LogP contribution in [0.2, 0.25) is 0 Å². The zero-order valence-electron chi connectivity index (χ0n) is 10.9. The fraction of sp³-hybridized carbons (Fsp3) is 0.412. The molecule has 2 N–H and O–H groups in total. The lowest BCUT2D eigenvalue weighted by atomic mass is 9.80. The molecule has 0 bridgehead atoms. The van der Waals surface area contributed by atoms with E-state index in [0.29, 0.717) is 5.92 Å². The lowest BCUT2D eigenvalue weighted by Gasteiger charge is -2.24. The van der Waals surface area contributed by atoms with Crippen molar-refractivity contribution >= 4 is 0 Å². The van der Waals surface area contributed by atoms with Crippen LogP contribution in [-0.4, -0.2) is 16.3 Å². The van der Waals surface area contributed by atoms with Crippen molar-refractivity contribution in [2.75, 3.05) is 0 Å². The number of hydrogen-bond donors (Lipinski definition) is 2. The summed E-state index contributed by atoms with van der Waals surface area (Å²) in [4.78, 5) is 0. The van der Waals surface area contributed by atoms with Crippen molar-refractivity contribution in [3.63, 3.8) is 0 Å². The normalized spacial score (nSPS) is 34.8. The summed E-state index contributed by atoms with van der Waals surface area (Å²) < 4.78 is 0. The molecule has 0 spiro atoms. The van der Waals surface area contributed by atoms with Gasteiger partial charge < -0.3 is 10.2 Å². The van der Waals surface area contributed by atoms with Crippen molar-refractivity contribution in [1.29, 1.82) is 0 Å². The molecule has 1 saturated carbocycles. The minimum atomic E-state index is -0.567. The first-order valence-corrected chi connectivity index (χ1v) is 6.98. The molecule has 1 aromatic carbocycles. The highest BCUT2D eigenvalue weighted by atomic mass is 16.3. The first-order chi connectivity index (χ1) is 9.20. The van der Waals surface area contributed by atoms with E-state index in [9.17, 15) is 10.2 Å². The zero-order valence-corrected chi connectivity index (χ0v) is 10.9. The second-order valence-corrected chi connectivity index (χ2v) is 5.76. The maximum atomic E-state index is 10.2. The van der Waals surface area contributed by atoms with Crippen molar-refractivity contribution in [2.45, 2.75) is 31.5 Å². The number of benzene rings is 1. The Morgan fingerprint density at radius 1 is 1.26 bits per heavy atom. The van der Waals surface area contributed by atoms with Gasteiger partial charge in [-0.3, -0.25) is 0 Å². The summed E-state index contributed by atoms with van der Waals surface area (Å²) >= 11 is 0. The summed E-state index contributed by atoms with van der Waals surface area (Å²) in [7, 11) is 0. The largest absolute Gasteiger partial charge is 0.393 e. The molecule has 2 aliphatic carbocycles. The molecule has 0 aromatic heterocycles. The predicted octanol–water partition coefficient (Wildman–Crippen LogP) is 2.99. The van der Waals surface area contributed by atoms with Crippen LogP contribution in [-0.2, 0) is 0 Å². The van der Waals surface area contributed by atoms with Gasteiger partial charge in [0, 0.05) is 5.41 Å². The van der Waals surface area contributed by atoms with Gasteiger partial charge in [0.2, 0.25) is 0 Å². The van der Waals surface area contributed by atoms with Gasteiger partial charge in [0.05, 0.1) is 12.2 Å². The fourth-order valence-electron chi connectivity index (χ4n) is 3.47. The van der Waals surface area contributed by atoms with E-state index in [0.717, 1.165) is 24.8 Å². The first-order valence-electron chi connectivity index (χ1n) is 6.98. The molecule has 0 heterocycles. The zero-order chi connectivity index (χ0) is 13.3. The van der Waals surface area contributed by atoms with E-state index < -0.39 is 6.10 Å². The highest BCUT2D eigenvalue weighted by molar-refractivity contribution is 5.27. The third-order valence-corrected chi connectivity index (χ3v) is 4.48. The molecule has 4 atom stereocenters. The van der Waals surface area contributed by atoms with Crippen LogP contribution in [0.4, 0.5) is 0 Å². The highest BCUT2D eigenvalue weighted by Crippen LogP contribution is 2.51. The molecule has 19 heavy (non-hydrogen) atoms. The average molecular weight is 256 g/mol. The van der Waals surface area contributed by atoms with Crippen LogP contribution in [0.25, 0.3) is 0 Å². The van der Waals surface area contributed by atoms with E-state index in [1.54, 1.807) is 0 Å². The van der Waals surface area contributed by atoms with Gasteiger partial charge in [0.25, 0.3) is 0 Å². The quantitative estimate of drug-likeness (QED) is 0.816. The Labute approximate surface area is 114 Å². The van der Waals surface area contributed by atoms with E-state index in [2.05, 4.69) is 18.2 Å². The minimum absolute atomic E-state index is 0.0326. The van der Waals surface area contributed by atoms with Crippen molar-refractivity contribution in [2.24, 2.45) is 11.3 Å². The van der Waals surface area contributed by atoms with Gasteiger partial charge in [-0.05, 0) is 30.7 Å². The van der Waals surface area contributed by atoms with Crippen molar-refractivity contribution in [3.05, 3.63) is 60.2 Å². The summed E-state index contributed by atoms with van der Waals surface area (Å²) in [6, 6.07) is 9.67. The van der Waals surface area contributed by atoms with E-state index in [4.69, 9.17) is 0 Å². The Morgan fingerprint density at radius 2 is 2.05 bits per heavy atom. The van der Waals surface area contributed by atoms with Crippen LogP contribution in [0.5, 0.6) is 0 Å². The molecular weight excluding hydrogens is 236 g/mol. The number of allylic oxidation sites excluding steroid dienone is 3. The van der Waals surface area contributed by atoms with Gasteiger partial charge in [-0.15, -0.1) is 0 Å². The first kappa shape index (κ1) is 12.6. The fourth-order valence-corrected chi connectivity index (χ4v) is 3.47. The van der Waals surface area contributed by atoms with Gasteiger partial charge in [-0.25, -0.2) is 0 Å². The van der Waals surface area contributed by atoms with Crippen molar-refractivity contribution < 1.29 is 10.2 Å². The molecule has 0 amide bonds. The molecular formula is C17H20O2. The molecule has 2 aliphatic rings. The Kier molecular flexibility index (Phi) is 3.29. The summed E-state index contributed by atoms with van der Waals surface area (Å²) in [5.74, 6) is 0.502. The van der Waals surface area contributed by atoms with E-state index >= 15 is 0 Å². The van der Waals surface area contributed by atoms with E-state index in [1.807, 2.05) is 36.4 Å². The lowest BCUT2D eigenvalue weighted by molar-refractivity contribution is 0.173. The van der Waals surface area contributed by atoms with Crippen LogP contribution in [0.15, 0.2) is 54.6 Å². The van der Waals surface area contributed by atoms with Crippen molar-refractivity contribution in [3.8, 4) is 0 Å². The number of aliphatic hydroxyl groups excluding tert-OH is 2. The predicted molar refractivity (Wildman–Crippen MR) is 75.5 cm³/mol. The Bertz CT molecular complexity index is 491. The topological polar surface area (TPSA) is 40.5 Å². The summed E-state index contributed by atoms with van der Waals surface area (Å²) in [5, 5.41) is 20.0. The summed E-state index contributed by atoms with van der Waals surface area (Å²) in [5.41, 5.74) is 0.877. The molecule has 3 rings (SSSR count). The average Bonchev–Trinajstić information content (AvgIpc) is 2.93. The number of fused-ring (bicyclic) bond motifs is 1. The maximum Gasteiger partial charge on any atom is 0.0972 e. The molecule has 0 radical (unpaired) electrons. The Hall–Kier alpha value is -1.38. The monoisotopic (exact) mass is 256 g/mol. The molecule has 100 valence electrons. The molecule has 3 unspecified atom stereocenters. The third-order valence-electron chi connectivity index (χ3n) is 4.48. The Balaban J connectivity index is 1.77. The van der Waals surface area contributed by atoms with Crippen LogP contribution >= 0.6 is 0 Å². The van der Waals surface area contributed by atoms with Crippen LogP contribution in [0.3, 0.4) is 0 Å². The number of aliphatic hydroxyl groups is 2. The van der Waals surface area contributed by atoms with E-state index in [1.165, 1.54) is 0 Å². The SMILES string of the molecule is OC1CC2CC=CC2(/C=C/[C@@H](O)c2ccccc2)C1. The lowest BCUT2D eigenvalue weighted by Crippen LogP contribution is -2.16. The number of hydrogen-bond acceptors (Lipinski definition) is 2. The maximum absolute atomic E-state index is 10.2. The Morgan fingerprint density at radius 3 is 2.84 bits per heavy atom. The standard InChI is InChI=1S/C17H20O2/c18-15-11-14-7-4-9-17(14,12-15)10-8-16(19)13-5-2-1-3-6-13/h1-6,8-10,14-16,18-19H,7,11-12H2/b10-8+/t14?,15?,16-,17?/m1/s1. The molecule has 2 heteroatoms.